The topological polar surface area (TPSA) is 44.1 Å². The van der Waals surface area contributed by atoms with E-state index in [4.69, 9.17) is 4.74 Å². The Morgan fingerprint density at radius 3 is 2.00 bits per heavy atom. The molecule has 0 aliphatic heterocycles. The van der Waals surface area contributed by atoms with Gasteiger partial charge < -0.3 is 4.74 Å². The molecule has 2 heterocycles. The maximum Gasteiger partial charge on any atom is 0.263 e. The summed E-state index contributed by atoms with van der Waals surface area (Å²) < 4.78 is 7.41. The van der Waals surface area contributed by atoms with Crippen LogP contribution in [-0.2, 0) is 0 Å². The van der Waals surface area contributed by atoms with Crippen molar-refractivity contribution in [3.8, 4) is 33.8 Å². The molecule has 35 heavy (non-hydrogen) atoms. The van der Waals surface area contributed by atoms with Gasteiger partial charge in [-0.05, 0) is 46.8 Å². The van der Waals surface area contributed by atoms with Gasteiger partial charge in [0.05, 0.1) is 24.0 Å². The molecule has 0 unspecified atom stereocenters. The summed E-state index contributed by atoms with van der Waals surface area (Å²) in [6.07, 6.45) is 1.75. The Labute approximate surface area is 202 Å². The van der Waals surface area contributed by atoms with Gasteiger partial charge in [-0.25, -0.2) is 0 Å². The van der Waals surface area contributed by atoms with Gasteiger partial charge in [0.15, 0.2) is 0 Å². The number of pyridine rings is 2. The van der Waals surface area contributed by atoms with Crippen molar-refractivity contribution in [2.24, 2.45) is 0 Å². The van der Waals surface area contributed by atoms with Crippen LogP contribution in [0.15, 0.2) is 120 Å². The van der Waals surface area contributed by atoms with Crippen LogP contribution >= 0.6 is 0 Å². The zero-order valence-corrected chi connectivity index (χ0v) is 19.2. The average molecular weight is 455 g/mol. The van der Waals surface area contributed by atoms with Crippen molar-refractivity contribution in [2.75, 3.05) is 7.11 Å². The standard InChI is InChI=1S/C31H22N2O2/c1-35-27-19-18-26(29-25(27)17-10-20-32-29)33-30(22-13-6-3-7-14-22)28(21-11-4-2-5-12-21)23-15-8-9-16-24(23)31(33)34/h2-20H,1H3. The third-order valence-corrected chi connectivity index (χ3v) is 6.37. The van der Waals surface area contributed by atoms with E-state index >= 15 is 0 Å². The van der Waals surface area contributed by atoms with Gasteiger partial charge in [0.25, 0.3) is 5.56 Å². The lowest BCUT2D eigenvalue weighted by molar-refractivity contribution is 0.419. The molecular formula is C31H22N2O2. The minimum atomic E-state index is -0.0868. The van der Waals surface area contributed by atoms with Crippen LogP contribution in [0.1, 0.15) is 0 Å². The first-order chi connectivity index (χ1) is 17.3. The van der Waals surface area contributed by atoms with Gasteiger partial charge in [-0.3, -0.25) is 14.3 Å². The highest BCUT2D eigenvalue weighted by atomic mass is 16.5. The normalized spacial score (nSPS) is 11.1. The van der Waals surface area contributed by atoms with Gasteiger partial charge in [-0.15, -0.1) is 0 Å². The van der Waals surface area contributed by atoms with Crippen LogP contribution in [0.5, 0.6) is 5.75 Å². The largest absolute Gasteiger partial charge is 0.496 e. The fourth-order valence-corrected chi connectivity index (χ4v) is 4.84. The Hall–Kier alpha value is -4.70. The Kier molecular flexibility index (Phi) is 5.12. The Bertz CT molecular complexity index is 1740. The molecule has 0 fully saturated rings. The molecule has 0 saturated carbocycles. The molecule has 4 aromatic carbocycles. The van der Waals surface area contributed by atoms with E-state index in [0.29, 0.717) is 16.6 Å². The Morgan fingerprint density at radius 1 is 0.657 bits per heavy atom. The first-order valence-corrected chi connectivity index (χ1v) is 11.5. The first-order valence-electron chi connectivity index (χ1n) is 11.5. The molecule has 6 aromatic rings. The summed E-state index contributed by atoms with van der Waals surface area (Å²) in [7, 11) is 1.65. The van der Waals surface area contributed by atoms with Crippen molar-refractivity contribution in [3.63, 3.8) is 0 Å². The number of aromatic nitrogens is 2. The van der Waals surface area contributed by atoms with Gasteiger partial charge in [0.2, 0.25) is 0 Å². The summed E-state index contributed by atoms with van der Waals surface area (Å²) in [4.78, 5) is 18.9. The summed E-state index contributed by atoms with van der Waals surface area (Å²) in [5.74, 6) is 0.718. The number of hydrogen-bond acceptors (Lipinski definition) is 3. The Balaban J connectivity index is 1.86. The lowest BCUT2D eigenvalue weighted by Crippen LogP contribution is -2.22. The number of methoxy groups -OCH3 is 1. The maximum atomic E-state index is 14.2. The van der Waals surface area contributed by atoms with Crippen molar-refractivity contribution >= 4 is 21.7 Å². The molecule has 0 amide bonds. The summed E-state index contributed by atoms with van der Waals surface area (Å²) in [5.41, 5.74) is 5.17. The summed E-state index contributed by atoms with van der Waals surface area (Å²) >= 11 is 0. The highest BCUT2D eigenvalue weighted by Gasteiger charge is 2.22. The predicted octanol–water partition coefficient (Wildman–Crippen LogP) is 6.88. The molecule has 4 heteroatoms. The van der Waals surface area contributed by atoms with Crippen molar-refractivity contribution < 1.29 is 4.74 Å². The van der Waals surface area contributed by atoms with Gasteiger partial charge in [0.1, 0.15) is 5.75 Å². The summed E-state index contributed by atoms with van der Waals surface area (Å²) in [6.45, 7) is 0. The van der Waals surface area contributed by atoms with E-state index in [9.17, 15) is 4.79 Å². The van der Waals surface area contributed by atoms with Crippen LogP contribution < -0.4 is 10.3 Å². The van der Waals surface area contributed by atoms with Gasteiger partial charge in [-0.1, -0.05) is 78.9 Å². The maximum absolute atomic E-state index is 14.2. The van der Waals surface area contributed by atoms with E-state index < -0.39 is 0 Å². The number of hydrogen-bond donors (Lipinski definition) is 0. The molecule has 0 N–H and O–H groups in total. The second-order valence-corrected chi connectivity index (χ2v) is 8.33. The van der Waals surface area contributed by atoms with Crippen LogP contribution in [-0.4, -0.2) is 16.7 Å². The third-order valence-electron chi connectivity index (χ3n) is 6.37. The second kappa shape index (κ2) is 8.58. The first kappa shape index (κ1) is 20.9. The molecule has 0 aliphatic carbocycles. The lowest BCUT2D eigenvalue weighted by atomic mass is 9.93. The molecule has 0 aliphatic rings. The monoisotopic (exact) mass is 454 g/mol. The molecule has 0 bridgehead atoms. The zero-order valence-electron chi connectivity index (χ0n) is 19.2. The van der Waals surface area contributed by atoms with Crippen molar-refractivity contribution in [1.82, 2.24) is 9.55 Å². The molecule has 2 aromatic heterocycles. The minimum Gasteiger partial charge on any atom is -0.496 e. The summed E-state index contributed by atoms with van der Waals surface area (Å²) in [5, 5.41) is 2.43. The molecule has 0 radical (unpaired) electrons. The molecule has 0 saturated heterocycles. The highest BCUT2D eigenvalue weighted by Crippen LogP contribution is 2.39. The highest BCUT2D eigenvalue weighted by molar-refractivity contribution is 6.04. The quantitative estimate of drug-likeness (QED) is 0.292. The molecule has 4 nitrogen and oxygen atoms in total. The van der Waals surface area contributed by atoms with E-state index in [1.807, 2.05) is 102 Å². The van der Waals surface area contributed by atoms with Crippen LogP contribution in [0.3, 0.4) is 0 Å². The lowest BCUT2D eigenvalue weighted by Gasteiger charge is -2.21. The number of ether oxygens (including phenoxy) is 1. The molecule has 0 spiro atoms. The van der Waals surface area contributed by atoms with Gasteiger partial charge in [0, 0.05) is 22.5 Å². The third kappa shape index (κ3) is 3.39. The van der Waals surface area contributed by atoms with Crippen LogP contribution in [0, 0.1) is 0 Å². The second-order valence-electron chi connectivity index (χ2n) is 8.33. The van der Waals surface area contributed by atoms with Crippen LogP contribution in [0.2, 0.25) is 0 Å². The molecule has 6 rings (SSSR count). The SMILES string of the molecule is COc1ccc(-n2c(-c3ccccc3)c(-c3ccccc3)c3ccccc3c2=O)c2ncccc12. The van der Waals surface area contributed by atoms with Crippen molar-refractivity contribution in [1.29, 1.82) is 0 Å². The van der Waals surface area contributed by atoms with E-state index in [0.717, 1.165) is 38.9 Å². The number of rotatable bonds is 4. The number of benzene rings is 4. The van der Waals surface area contributed by atoms with E-state index in [1.165, 1.54) is 0 Å². The predicted molar refractivity (Wildman–Crippen MR) is 142 cm³/mol. The fraction of sp³-hybridized carbons (Fsp3) is 0.0323. The zero-order chi connectivity index (χ0) is 23.8. The Morgan fingerprint density at radius 2 is 1.29 bits per heavy atom. The average Bonchev–Trinajstić information content (AvgIpc) is 2.93. The van der Waals surface area contributed by atoms with Crippen molar-refractivity contribution in [2.45, 2.75) is 0 Å². The molecule has 168 valence electrons. The van der Waals surface area contributed by atoms with E-state index in [1.54, 1.807) is 13.3 Å². The van der Waals surface area contributed by atoms with Crippen LogP contribution in [0.4, 0.5) is 0 Å². The minimum absolute atomic E-state index is 0.0868. The van der Waals surface area contributed by atoms with Gasteiger partial charge >= 0.3 is 0 Å². The smallest absolute Gasteiger partial charge is 0.263 e. The van der Waals surface area contributed by atoms with Crippen LogP contribution in [0.25, 0.3) is 49.7 Å². The molecular weight excluding hydrogens is 432 g/mol. The summed E-state index contributed by atoms with van der Waals surface area (Å²) in [6, 6.07) is 35.8. The molecule has 0 atom stereocenters. The number of nitrogens with zero attached hydrogens (tertiary/aromatic N) is 2. The van der Waals surface area contributed by atoms with Crippen molar-refractivity contribution in [3.05, 3.63) is 126 Å². The van der Waals surface area contributed by atoms with E-state index in [2.05, 4.69) is 17.1 Å². The number of fused-ring (bicyclic) bond motifs is 2. The van der Waals surface area contributed by atoms with Gasteiger partial charge in [-0.2, -0.15) is 0 Å². The fourth-order valence-electron chi connectivity index (χ4n) is 4.84. The van der Waals surface area contributed by atoms with E-state index in [-0.39, 0.29) is 5.56 Å².